The maximum Gasteiger partial charge on any atom is 0.401 e. The highest BCUT2D eigenvalue weighted by molar-refractivity contribution is 6.29. The summed E-state index contributed by atoms with van der Waals surface area (Å²) >= 11 is 5.79. The van der Waals surface area contributed by atoms with E-state index in [1.807, 2.05) is 13.0 Å². The van der Waals surface area contributed by atoms with Crippen molar-refractivity contribution >= 4 is 17.6 Å². The van der Waals surface area contributed by atoms with Crippen molar-refractivity contribution in [3.8, 4) is 0 Å². The van der Waals surface area contributed by atoms with E-state index in [2.05, 4.69) is 20.6 Å². The molecule has 158 valence electrons. The van der Waals surface area contributed by atoms with Gasteiger partial charge in [0.1, 0.15) is 5.15 Å². The van der Waals surface area contributed by atoms with Gasteiger partial charge in [-0.05, 0) is 63.2 Å². The summed E-state index contributed by atoms with van der Waals surface area (Å²) in [7, 11) is 0. The summed E-state index contributed by atoms with van der Waals surface area (Å²) < 4.78 is 37.3. The molecule has 2 N–H and O–H groups in total. The second-order valence-electron chi connectivity index (χ2n) is 7.05. The van der Waals surface area contributed by atoms with Crippen molar-refractivity contribution in [3.63, 3.8) is 0 Å². The van der Waals surface area contributed by atoms with Gasteiger partial charge in [-0.1, -0.05) is 17.7 Å². The molecule has 0 bridgehead atoms. The average Bonchev–Trinajstić information content (AvgIpc) is 2.63. The van der Waals surface area contributed by atoms with Gasteiger partial charge in [-0.15, -0.1) is 0 Å². The van der Waals surface area contributed by atoms with Gasteiger partial charge in [0.05, 0.1) is 6.54 Å². The first-order chi connectivity index (χ1) is 13.4. The Labute approximate surface area is 169 Å². The number of hydrogen-bond acceptors (Lipinski definition) is 3. The second kappa shape index (κ2) is 11.5. The molecule has 2 rings (SSSR count). The Morgan fingerprint density at radius 2 is 2.04 bits per heavy atom. The van der Waals surface area contributed by atoms with Gasteiger partial charge >= 0.3 is 6.18 Å². The molecule has 0 radical (unpaired) electrons. The summed E-state index contributed by atoms with van der Waals surface area (Å²) in [5, 5.41) is 7.00. The highest BCUT2D eigenvalue weighted by Gasteiger charge is 2.32. The predicted octanol–water partition coefficient (Wildman–Crippen LogP) is 3.50. The highest BCUT2D eigenvalue weighted by atomic mass is 35.5. The van der Waals surface area contributed by atoms with E-state index >= 15 is 0 Å². The number of guanidine groups is 1. The molecule has 2 heterocycles. The molecule has 1 fully saturated rings. The largest absolute Gasteiger partial charge is 0.401 e. The van der Waals surface area contributed by atoms with Crippen molar-refractivity contribution in [1.29, 1.82) is 0 Å². The molecule has 5 nitrogen and oxygen atoms in total. The number of aromatic nitrogens is 1. The molecular weight excluding hydrogens is 391 g/mol. The van der Waals surface area contributed by atoms with Crippen LogP contribution in [0.1, 0.15) is 31.7 Å². The number of nitrogens with zero attached hydrogens (tertiary/aromatic N) is 3. The fourth-order valence-corrected chi connectivity index (χ4v) is 3.38. The third-order valence-electron chi connectivity index (χ3n) is 4.76. The van der Waals surface area contributed by atoms with Crippen LogP contribution in [0.25, 0.3) is 0 Å². The van der Waals surface area contributed by atoms with Gasteiger partial charge in [0.2, 0.25) is 0 Å². The quantitative estimate of drug-likeness (QED) is 0.384. The van der Waals surface area contributed by atoms with Gasteiger partial charge in [-0.25, -0.2) is 4.98 Å². The lowest BCUT2D eigenvalue weighted by molar-refractivity contribution is -0.148. The smallest absolute Gasteiger partial charge is 0.357 e. The Bertz CT molecular complexity index is 599. The zero-order chi connectivity index (χ0) is 20.4. The Morgan fingerprint density at radius 1 is 1.29 bits per heavy atom. The Morgan fingerprint density at radius 3 is 2.64 bits per heavy atom. The van der Waals surface area contributed by atoms with Crippen molar-refractivity contribution in [2.45, 2.75) is 38.8 Å². The lowest BCUT2D eigenvalue weighted by atomic mass is 9.93. The molecule has 0 aliphatic carbocycles. The molecule has 1 aliphatic rings. The minimum absolute atomic E-state index is 0.441. The van der Waals surface area contributed by atoms with Crippen molar-refractivity contribution < 1.29 is 13.2 Å². The predicted molar refractivity (Wildman–Crippen MR) is 107 cm³/mol. The molecule has 0 atom stereocenters. The standard InChI is InChI=1S/C19H29ClF3N5/c1-2-24-18(26-10-6-16-3-4-17(20)27-13-16)25-9-5-15-7-11-28(12-8-15)14-19(21,22)23/h3-4,13,15H,2,5-12,14H2,1H3,(H2,24,25,26). The molecule has 0 amide bonds. The number of pyridine rings is 1. The van der Waals surface area contributed by atoms with Crippen LogP contribution in [-0.2, 0) is 6.42 Å². The van der Waals surface area contributed by atoms with Gasteiger partial charge in [-0.3, -0.25) is 9.89 Å². The first kappa shape index (κ1) is 22.7. The SMILES string of the molecule is CCNC(=NCCC1CCN(CC(F)(F)F)CC1)NCCc1ccc(Cl)nc1. The van der Waals surface area contributed by atoms with Crippen molar-refractivity contribution in [2.75, 3.05) is 39.3 Å². The molecule has 0 aromatic carbocycles. The van der Waals surface area contributed by atoms with Crippen LogP contribution in [0.5, 0.6) is 0 Å². The van der Waals surface area contributed by atoms with Crippen molar-refractivity contribution in [3.05, 3.63) is 29.0 Å². The lowest BCUT2D eigenvalue weighted by Gasteiger charge is -2.32. The molecule has 1 saturated heterocycles. The second-order valence-corrected chi connectivity index (χ2v) is 7.44. The number of hydrogen-bond donors (Lipinski definition) is 2. The molecule has 9 heteroatoms. The summed E-state index contributed by atoms with van der Waals surface area (Å²) in [4.78, 5) is 10.2. The van der Waals surface area contributed by atoms with E-state index in [0.29, 0.717) is 30.7 Å². The van der Waals surface area contributed by atoms with Crippen LogP contribution in [-0.4, -0.2) is 61.3 Å². The maximum absolute atomic E-state index is 12.4. The summed E-state index contributed by atoms with van der Waals surface area (Å²) in [6.45, 7) is 4.41. The molecule has 1 aliphatic heterocycles. The minimum atomic E-state index is -4.11. The van der Waals surface area contributed by atoms with Gasteiger partial charge < -0.3 is 10.6 Å². The van der Waals surface area contributed by atoms with Gasteiger partial charge in [0.25, 0.3) is 0 Å². The Hall–Kier alpha value is -1.54. The number of likely N-dealkylation sites (tertiary alicyclic amines) is 1. The van der Waals surface area contributed by atoms with Crippen molar-refractivity contribution in [1.82, 2.24) is 20.5 Å². The van der Waals surface area contributed by atoms with Gasteiger partial charge in [0, 0.05) is 25.8 Å². The number of aliphatic imine (C=N–C) groups is 1. The van der Waals surface area contributed by atoms with Gasteiger partial charge in [-0.2, -0.15) is 13.2 Å². The van der Waals surface area contributed by atoms with E-state index < -0.39 is 12.7 Å². The van der Waals surface area contributed by atoms with E-state index in [9.17, 15) is 13.2 Å². The summed E-state index contributed by atoms with van der Waals surface area (Å²) in [5.74, 6) is 1.20. The fraction of sp³-hybridized carbons (Fsp3) is 0.684. The summed E-state index contributed by atoms with van der Waals surface area (Å²) in [6.07, 6.45) is 0.979. The fourth-order valence-electron chi connectivity index (χ4n) is 3.27. The summed E-state index contributed by atoms with van der Waals surface area (Å²) in [6, 6.07) is 3.72. The maximum atomic E-state index is 12.4. The van der Waals surface area contributed by atoms with Gasteiger partial charge in [0.15, 0.2) is 5.96 Å². The lowest BCUT2D eigenvalue weighted by Crippen LogP contribution is -2.40. The van der Waals surface area contributed by atoms with E-state index in [-0.39, 0.29) is 0 Å². The monoisotopic (exact) mass is 419 g/mol. The zero-order valence-electron chi connectivity index (χ0n) is 16.2. The number of nitrogens with one attached hydrogen (secondary N) is 2. The third-order valence-corrected chi connectivity index (χ3v) is 4.98. The summed E-state index contributed by atoms with van der Waals surface area (Å²) in [5.41, 5.74) is 1.10. The molecule has 28 heavy (non-hydrogen) atoms. The Balaban J connectivity index is 1.68. The number of alkyl halides is 3. The van der Waals surface area contributed by atoms with Crippen LogP contribution in [0.2, 0.25) is 5.15 Å². The van der Waals surface area contributed by atoms with Crippen molar-refractivity contribution in [2.24, 2.45) is 10.9 Å². The molecule has 0 spiro atoms. The zero-order valence-corrected chi connectivity index (χ0v) is 17.0. The minimum Gasteiger partial charge on any atom is -0.357 e. The van der Waals surface area contributed by atoms with Crippen LogP contribution >= 0.6 is 11.6 Å². The van der Waals surface area contributed by atoms with Crippen LogP contribution < -0.4 is 10.6 Å². The average molecular weight is 420 g/mol. The molecule has 1 aromatic heterocycles. The molecule has 0 saturated carbocycles. The first-order valence-corrected chi connectivity index (χ1v) is 10.1. The molecular formula is C19H29ClF3N5. The normalized spacial score (nSPS) is 17.0. The van der Waals surface area contributed by atoms with Crippen LogP contribution in [0.4, 0.5) is 13.2 Å². The van der Waals surface area contributed by atoms with E-state index in [4.69, 9.17) is 11.6 Å². The van der Waals surface area contributed by atoms with Crippen LogP contribution in [0, 0.1) is 5.92 Å². The number of piperidine rings is 1. The molecule has 1 aromatic rings. The van der Waals surface area contributed by atoms with E-state index in [1.54, 1.807) is 12.3 Å². The third kappa shape index (κ3) is 9.10. The Kier molecular flexibility index (Phi) is 9.31. The number of rotatable bonds is 8. The first-order valence-electron chi connectivity index (χ1n) is 9.77. The van der Waals surface area contributed by atoms with Crippen LogP contribution in [0.3, 0.4) is 0 Å². The van der Waals surface area contributed by atoms with E-state index in [0.717, 1.165) is 50.3 Å². The molecule has 0 unspecified atom stereocenters. The number of halogens is 4. The van der Waals surface area contributed by atoms with Crippen LogP contribution in [0.15, 0.2) is 23.3 Å². The highest BCUT2D eigenvalue weighted by Crippen LogP contribution is 2.24. The van der Waals surface area contributed by atoms with E-state index in [1.165, 1.54) is 4.90 Å². The topological polar surface area (TPSA) is 52.6 Å².